The molecule has 0 saturated heterocycles. The Morgan fingerprint density at radius 1 is 1.10 bits per heavy atom. The maximum atomic E-state index is 13.5. The second-order valence-electron chi connectivity index (χ2n) is 3.86. The van der Waals surface area contributed by atoms with Gasteiger partial charge in [-0.2, -0.15) is 0 Å². The summed E-state index contributed by atoms with van der Waals surface area (Å²) < 4.78 is 40.1. The lowest BCUT2D eigenvalue weighted by molar-refractivity contribution is 0.102. The van der Waals surface area contributed by atoms with Gasteiger partial charge in [-0.1, -0.05) is 15.9 Å². The largest absolute Gasteiger partial charge is 0.507 e. The van der Waals surface area contributed by atoms with Crippen LogP contribution in [0.4, 0.5) is 18.9 Å². The van der Waals surface area contributed by atoms with Crippen LogP contribution in [0.15, 0.2) is 34.8 Å². The lowest BCUT2D eigenvalue weighted by Crippen LogP contribution is -2.14. The summed E-state index contributed by atoms with van der Waals surface area (Å²) in [5.74, 6) is -4.28. The van der Waals surface area contributed by atoms with Crippen molar-refractivity contribution in [3.8, 4) is 5.75 Å². The predicted molar refractivity (Wildman–Crippen MR) is 70.1 cm³/mol. The van der Waals surface area contributed by atoms with Crippen LogP contribution in [0.3, 0.4) is 0 Å². The summed E-state index contributed by atoms with van der Waals surface area (Å²) in [4.78, 5) is 11.8. The highest BCUT2D eigenvalue weighted by Crippen LogP contribution is 2.25. The summed E-state index contributed by atoms with van der Waals surface area (Å²) in [5, 5.41) is 11.4. The number of nitrogens with one attached hydrogen (secondary N) is 1. The zero-order valence-electron chi connectivity index (χ0n) is 9.75. The van der Waals surface area contributed by atoms with E-state index in [4.69, 9.17) is 0 Å². The van der Waals surface area contributed by atoms with Crippen molar-refractivity contribution in [2.75, 3.05) is 5.32 Å². The number of phenolic OH excluding ortho intramolecular Hbond substituents is 1. The normalized spacial score (nSPS) is 10.4. The van der Waals surface area contributed by atoms with E-state index in [1.807, 2.05) is 5.32 Å². The summed E-state index contributed by atoms with van der Waals surface area (Å²) in [6.45, 7) is 0. The van der Waals surface area contributed by atoms with E-state index in [2.05, 4.69) is 15.9 Å². The number of hydrogen-bond donors (Lipinski definition) is 2. The molecular weight excluding hydrogens is 339 g/mol. The minimum Gasteiger partial charge on any atom is -0.507 e. The molecule has 0 atom stereocenters. The average Bonchev–Trinajstić information content (AvgIpc) is 2.33. The average molecular weight is 346 g/mol. The van der Waals surface area contributed by atoms with Crippen LogP contribution in [0.5, 0.6) is 5.75 Å². The van der Waals surface area contributed by atoms with Gasteiger partial charge in [-0.3, -0.25) is 4.79 Å². The summed E-state index contributed by atoms with van der Waals surface area (Å²) >= 11 is 2.90. The maximum absolute atomic E-state index is 13.5. The zero-order valence-corrected chi connectivity index (χ0v) is 11.3. The van der Waals surface area contributed by atoms with Gasteiger partial charge < -0.3 is 10.4 Å². The molecule has 0 heterocycles. The van der Waals surface area contributed by atoms with Crippen molar-refractivity contribution in [3.05, 3.63) is 57.8 Å². The Bertz CT molecular complexity index is 668. The number of amides is 1. The van der Waals surface area contributed by atoms with Gasteiger partial charge in [-0.15, -0.1) is 0 Å². The van der Waals surface area contributed by atoms with Crippen molar-refractivity contribution < 1.29 is 23.1 Å². The fraction of sp³-hybridized carbons (Fsp3) is 0. The van der Waals surface area contributed by atoms with Gasteiger partial charge in [0.15, 0.2) is 11.6 Å². The molecule has 0 spiro atoms. The molecule has 0 bridgehead atoms. The molecule has 0 aliphatic carbocycles. The number of halogens is 4. The fourth-order valence-electron chi connectivity index (χ4n) is 1.54. The number of phenols is 1. The van der Waals surface area contributed by atoms with Gasteiger partial charge in [-0.25, -0.2) is 13.2 Å². The molecule has 1 amide bonds. The molecule has 2 rings (SSSR count). The number of carbonyl (C=O) groups excluding carboxylic acids is 1. The number of benzene rings is 2. The Morgan fingerprint density at radius 2 is 1.70 bits per heavy atom. The van der Waals surface area contributed by atoms with Crippen LogP contribution in [0.2, 0.25) is 0 Å². The SMILES string of the molecule is O=C(Nc1c(F)cc(Br)cc1F)c1ccc(F)cc1O. The first kappa shape index (κ1) is 14.4. The zero-order chi connectivity index (χ0) is 14.9. The van der Waals surface area contributed by atoms with Gasteiger partial charge in [0, 0.05) is 10.5 Å². The van der Waals surface area contributed by atoms with Crippen molar-refractivity contribution in [3.63, 3.8) is 0 Å². The van der Waals surface area contributed by atoms with Crippen molar-refractivity contribution >= 4 is 27.5 Å². The molecule has 0 fully saturated rings. The third kappa shape index (κ3) is 2.93. The van der Waals surface area contributed by atoms with Crippen LogP contribution in [0.25, 0.3) is 0 Å². The summed E-state index contributed by atoms with van der Waals surface area (Å²) in [7, 11) is 0. The van der Waals surface area contributed by atoms with Gasteiger partial charge in [0.05, 0.1) is 5.56 Å². The molecule has 0 aliphatic heterocycles. The number of hydrogen-bond acceptors (Lipinski definition) is 2. The lowest BCUT2D eigenvalue weighted by atomic mass is 10.1. The topological polar surface area (TPSA) is 49.3 Å². The second kappa shape index (κ2) is 5.54. The molecule has 0 unspecified atom stereocenters. The molecule has 2 aromatic rings. The molecule has 0 aromatic heterocycles. The standard InChI is InChI=1S/C13H7BrF3NO2/c14-6-3-9(16)12(10(17)4-6)18-13(20)8-2-1-7(15)5-11(8)19/h1-5,19H,(H,18,20). The van der Waals surface area contributed by atoms with Crippen molar-refractivity contribution in [1.29, 1.82) is 0 Å². The fourth-order valence-corrected chi connectivity index (χ4v) is 1.94. The van der Waals surface area contributed by atoms with Crippen molar-refractivity contribution in [2.45, 2.75) is 0 Å². The van der Waals surface area contributed by atoms with Crippen LogP contribution < -0.4 is 5.32 Å². The number of carbonyl (C=O) groups is 1. The maximum Gasteiger partial charge on any atom is 0.259 e. The second-order valence-corrected chi connectivity index (χ2v) is 4.78. The number of aromatic hydroxyl groups is 1. The van der Waals surface area contributed by atoms with Crippen molar-refractivity contribution in [2.24, 2.45) is 0 Å². The molecule has 7 heteroatoms. The molecule has 3 nitrogen and oxygen atoms in total. The van der Waals surface area contributed by atoms with E-state index in [1.54, 1.807) is 0 Å². The van der Waals surface area contributed by atoms with Crippen LogP contribution in [-0.2, 0) is 0 Å². The Balaban J connectivity index is 2.33. The minimum absolute atomic E-state index is 0.176. The quantitative estimate of drug-likeness (QED) is 0.869. The van der Waals surface area contributed by atoms with Gasteiger partial charge in [0.25, 0.3) is 5.91 Å². The Morgan fingerprint density at radius 3 is 2.25 bits per heavy atom. The van der Waals surface area contributed by atoms with Crippen LogP contribution in [0.1, 0.15) is 10.4 Å². The number of anilines is 1. The van der Waals surface area contributed by atoms with Gasteiger partial charge >= 0.3 is 0 Å². The van der Waals surface area contributed by atoms with Crippen molar-refractivity contribution in [1.82, 2.24) is 0 Å². The molecule has 104 valence electrons. The monoisotopic (exact) mass is 345 g/mol. The van der Waals surface area contributed by atoms with Crippen LogP contribution in [-0.4, -0.2) is 11.0 Å². The Labute approximate surface area is 120 Å². The van der Waals surface area contributed by atoms with Gasteiger partial charge in [-0.05, 0) is 24.3 Å². The van der Waals surface area contributed by atoms with E-state index in [9.17, 15) is 23.1 Å². The molecule has 20 heavy (non-hydrogen) atoms. The van der Waals surface area contributed by atoms with E-state index in [1.165, 1.54) is 0 Å². The van der Waals surface area contributed by atoms with E-state index in [0.29, 0.717) is 0 Å². The summed E-state index contributed by atoms with van der Waals surface area (Å²) in [5.41, 5.74) is -0.949. The van der Waals surface area contributed by atoms with E-state index < -0.39 is 34.8 Å². The first-order chi connectivity index (χ1) is 9.38. The molecule has 0 radical (unpaired) electrons. The first-order valence-corrected chi connectivity index (χ1v) is 6.12. The molecule has 2 aromatic carbocycles. The van der Waals surface area contributed by atoms with Gasteiger partial charge in [0.1, 0.15) is 17.3 Å². The lowest BCUT2D eigenvalue weighted by Gasteiger charge is -2.09. The third-order valence-electron chi connectivity index (χ3n) is 2.45. The summed E-state index contributed by atoms with van der Waals surface area (Å²) in [6.07, 6.45) is 0. The van der Waals surface area contributed by atoms with E-state index in [-0.39, 0.29) is 10.0 Å². The number of rotatable bonds is 2. The molecule has 2 N–H and O–H groups in total. The Hall–Kier alpha value is -2.02. The summed E-state index contributed by atoms with van der Waals surface area (Å²) in [6, 6.07) is 4.63. The third-order valence-corrected chi connectivity index (χ3v) is 2.91. The first-order valence-electron chi connectivity index (χ1n) is 5.33. The molecule has 0 aliphatic rings. The van der Waals surface area contributed by atoms with E-state index >= 15 is 0 Å². The molecule has 0 saturated carbocycles. The highest BCUT2D eigenvalue weighted by molar-refractivity contribution is 9.10. The van der Waals surface area contributed by atoms with Crippen LogP contribution in [0, 0.1) is 17.5 Å². The van der Waals surface area contributed by atoms with E-state index in [0.717, 1.165) is 30.3 Å². The smallest absolute Gasteiger partial charge is 0.259 e. The molecular formula is C13H7BrF3NO2. The van der Waals surface area contributed by atoms with Crippen LogP contribution >= 0.6 is 15.9 Å². The Kier molecular flexibility index (Phi) is 3.99. The highest BCUT2D eigenvalue weighted by Gasteiger charge is 2.17. The predicted octanol–water partition coefficient (Wildman–Crippen LogP) is 3.82. The highest BCUT2D eigenvalue weighted by atomic mass is 79.9. The van der Waals surface area contributed by atoms with Gasteiger partial charge in [0.2, 0.25) is 0 Å². The minimum atomic E-state index is -0.980.